The van der Waals surface area contributed by atoms with Gasteiger partial charge in [0.25, 0.3) is 0 Å². The third kappa shape index (κ3) is 9.47. The van der Waals surface area contributed by atoms with E-state index in [9.17, 15) is 0 Å². The fraction of sp³-hybridized carbons (Fsp3) is 0.632. The summed E-state index contributed by atoms with van der Waals surface area (Å²) in [5.74, 6) is 0.999. The van der Waals surface area contributed by atoms with E-state index in [0.29, 0.717) is 0 Å². The van der Waals surface area contributed by atoms with Crippen LogP contribution in [0.5, 0.6) is 0 Å². The molecule has 5 heteroatoms. The Bertz CT molecular complexity index is 432. The van der Waals surface area contributed by atoms with E-state index in [1.807, 2.05) is 0 Å². The second kappa shape index (κ2) is 14.5. The lowest BCUT2D eigenvalue weighted by Crippen LogP contribution is -2.38. The van der Waals surface area contributed by atoms with Crippen LogP contribution >= 0.6 is 24.0 Å². The average Bonchev–Trinajstić information content (AvgIpc) is 2.58. The predicted molar refractivity (Wildman–Crippen MR) is 116 cm³/mol. The van der Waals surface area contributed by atoms with Crippen molar-refractivity contribution in [3.63, 3.8) is 0 Å². The molecule has 24 heavy (non-hydrogen) atoms. The van der Waals surface area contributed by atoms with Gasteiger partial charge in [-0.3, -0.25) is 4.99 Å². The normalized spacial score (nSPS) is 11.3. The number of hydrogen-bond donors (Lipinski definition) is 1. The van der Waals surface area contributed by atoms with E-state index in [2.05, 4.69) is 73.3 Å². The fourth-order valence-corrected chi connectivity index (χ4v) is 2.57. The highest BCUT2D eigenvalue weighted by molar-refractivity contribution is 14.0. The lowest BCUT2D eigenvalue weighted by atomic mass is 10.2. The van der Waals surface area contributed by atoms with Crippen LogP contribution in [0.2, 0.25) is 0 Å². The molecule has 0 amide bonds. The van der Waals surface area contributed by atoms with E-state index in [0.717, 1.165) is 45.1 Å². The number of halogens is 1. The molecule has 1 N–H and O–H groups in total. The number of unbranched alkanes of at least 4 members (excludes halogenated alkanes) is 1. The summed E-state index contributed by atoms with van der Waals surface area (Å²) in [6.07, 6.45) is 2.36. The summed E-state index contributed by atoms with van der Waals surface area (Å²) >= 11 is 0. The van der Waals surface area contributed by atoms with E-state index in [1.54, 1.807) is 0 Å². The minimum atomic E-state index is 0. The quantitative estimate of drug-likeness (QED) is 0.257. The molecule has 0 atom stereocenters. The number of benzene rings is 1. The van der Waals surface area contributed by atoms with Gasteiger partial charge in [0.1, 0.15) is 0 Å². The van der Waals surface area contributed by atoms with Gasteiger partial charge in [-0.1, -0.05) is 44.2 Å². The van der Waals surface area contributed by atoms with Crippen LogP contribution in [-0.4, -0.2) is 55.5 Å². The Balaban J connectivity index is 0.00000529. The minimum Gasteiger partial charge on any atom is -0.357 e. The maximum Gasteiger partial charge on any atom is 0.193 e. The van der Waals surface area contributed by atoms with Crippen LogP contribution in [0.1, 0.15) is 39.2 Å². The number of aliphatic imine (C=N–C) groups is 1. The predicted octanol–water partition coefficient (Wildman–Crippen LogP) is 3.82. The summed E-state index contributed by atoms with van der Waals surface area (Å²) in [6.45, 7) is 12.7. The molecule has 0 spiro atoms. The molecule has 0 saturated carbocycles. The zero-order valence-electron chi connectivity index (χ0n) is 15.8. The van der Waals surface area contributed by atoms with Crippen LogP contribution in [-0.2, 0) is 6.54 Å². The standard InChI is InChI=1S/C19H34N4.HI/c1-5-20-19(21-15-11-12-16-23(6-2)7-3)22(4)17-18-13-9-8-10-14-18;/h8-10,13-14H,5-7,11-12,15-17H2,1-4H3,(H,20,21);1H. The number of nitrogens with zero attached hydrogens (tertiary/aromatic N) is 3. The maximum atomic E-state index is 4.77. The molecule has 0 aromatic heterocycles. The Morgan fingerprint density at radius 3 is 2.29 bits per heavy atom. The lowest BCUT2D eigenvalue weighted by molar-refractivity contribution is 0.297. The van der Waals surface area contributed by atoms with Gasteiger partial charge in [0.05, 0.1) is 0 Å². The first-order valence-electron chi connectivity index (χ1n) is 8.96. The molecule has 0 radical (unpaired) electrons. The first kappa shape index (κ1) is 23.2. The lowest BCUT2D eigenvalue weighted by Gasteiger charge is -2.22. The molecular formula is C19H35IN4. The van der Waals surface area contributed by atoms with E-state index in [-0.39, 0.29) is 24.0 Å². The topological polar surface area (TPSA) is 30.9 Å². The van der Waals surface area contributed by atoms with Crippen LogP contribution in [0.3, 0.4) is 0 Å². The molecule has 4 nitrogen and oxygen atoms in total. The third-order valence-electron chi connectivity index (χ3n) is 4.00. The smallest absolute Gasteiger partial charge is 0.193 e. The van der Waals surface area contributed by atoms with E-state index < -0.39 is 0 Å². The third-order valence-corrected chi connectivity index (χ3v) is 4.00. The van der Waals surface area contributed by atoms with Crippen molar-refractivity contribution in [3.8, 4) is 0 Å². The summed E-state index contributed by atoms with van der Waals surface area (Å²) in [6, 6.07) is 10.5. The van der Waals surface area contributed by atoms with Gasteiger partial charge in [-0.2, -0.15) is 0 Å². The average molecular weight is 446 g/mol. The summed E-state index contributed by atoms with van der Waals surface area (Å²) in [5.41, 5.74) is 1.31. The number of nitrogens with one attached hydrogen (secondary N) is 1. The summed E-state index contributed by atoms with van der Waals surface area (Å²) < 4.78 is 0. The SMILES string of the molecule is CCNC(=NCCCCN(CC)CC)N(C)Cc1ccccc1.I. The Morgan fingerprint density at radius 1 is 1.04 bits per heavy atom. The molecule has 0 aliphatic rings. The molecule has 0 fully saturated rings. The van der Waals surface area contributed by atoms with Crippen LogP contribution < -0.4 is 5.32 Å². The molecular weight excluding hydrogens is 411 g/mol. The Labute approximate surface area is 165 Å². The van der Waals surface area contributed by atoms with Crippen molar-refractivity contribution < 1.29 is 0 Å². The first-order chi connectivity index (χ1) is 11.2. The Hall–Kier alpha value is -0.820. The molecule has 1 rings (SSSR count). The molecule has 138 valence electrons. The highest BCUT2D eigenvalue weighted by atomic mass is 127. The molecule has 1 aromatic rings. The van der Waals surface area contributed by atoms with Gasteiger partial charge in [0.2, 0.25) is 0 Å². The maximum absolute atomic E-state index is 4.77. The van der Waals surface area contributed by atoms with Crippen LogP contribution in [0, 0.1) is 0 Å². The Morgan fingerprint density at radius 2 is 1.71 bits per heavy atom. The first-order valence-corrected chi connectivity index (χ1v) is 8.96. The highest BCUT2D eigenvalue weighted by Crippen LogP contribution is 2.03. The van der Waals surface area contributed by atoms with Crippen molar-refractivity contribution in [1.82, 2.24) is 15.1 Å². The molecule has 0 bridgehead atoms. The van der Waals surface area contributed by atoms with E-state index >= 15 is 0 Å². The van der Waals surface area contributed by atoms with Gasteiger partial charge in [0.15, 0.2) is 5.96 Å². The summed E-state index contributed by atoms with van der Waals surface area (Å²) in [7, 11) is 2.10. The summed E-state index contributed by atoms with van der Waals surface area (Å²) in [4.78, 5) is 9.44. The number of guanidine groups is 1. The van der Waals surface area contributed by atoms with Gasteiger partial charge in [0, 0.05) is 26.7 Å². The second-order valence-electron chi connectivity index (χ2n) is 5.81. The van der Waals surface area contributed by atoms with Crippen LogP contribution in [0.15, 0.2) is 35.3 Å². The zero-order valence-corrected chi connectivity index (χ0v) is 18.1. The van der Waals surface area contributed by atoms with Crippen molar-refractivity contribution in [3.05, 3.63) is 35.9 Å². The van der Waals surface area contributed by atoms with Crippen molar-refractivity contribution in [2.24, 2.45) is 4.99 Å². The van der Waals surface area contributed by atoms with Crippen molar-refractivity contribution >= 4 is 29.9 Å². The zero-order chi connectivity index (χ0) is 16.9. The molecule has 0 aliphatic carbocycles. The number of rotatable bonds is 10. The minimum absolute atomic E-state index is 0. The van der Waals surface area contributed by atoms with Crippen LogP contribution in [0.4, 0.5) is 0 Å². The van der Waals surface area contributed by atoms with Crippen LogP contribution in [0.25, 0.3) is 0 Å². The van der Waals surface area contributed by atoms with Crippen molar-refractivity contribution in [2.45, 2.75) is 40.2 Å². The van der Waals surface area contributed by atoms with Gasteiger partial charge in [-0.05, 0) is 45.0 Å². The van der Waals surface area contributed by atoms with Gasteiger partial charge >= 0.3 is 0 Å². The molecule has 0 unspecified atom stereocenters. The highest BCUT2D eigenvalue weighted by Gasteiger charge is 2.06. The van der Waals surface area contributed by atoms with Gasteiger partial charge in [-0.15, -0.1) is 24.0 Å². The monoisotopic (exact) mass is 446 g/mol. The largest absolute Gasteiger partial charge is 0.357 e. The molecule has 0 saturated heterocycles. The van der Waals surface area contributed by atoms with Gasteiger partial charge < -0.3 is 15.1 Å². The number of hydrogen-bond acceptors (Lipinski definition) is 2. The molecule has 1 aromatic carbocycles. The van der Waals surface area contributed by atoms with Crippen molar-refractivity contribution in [1.29, 1.82) is 0 Å². The summed E-state index contributed by atoms with van der Waals surface area (Å²) in [5, 5.41) is 3.39. The van der Waals surface area contributed by atoms with E-state index in [1.165, 1.54) is 18.5 Å². The second-order valence-corrected chi connectivity index (χ2v) is 5.81. The van der Waals surface area contributed by atoms with E-state index in [4.69, 9.17) is 4.99 Å². The van der Waals surface area contributed by atoms with Crippen molar-refractivity contribution in [2.75, 3.05) is 39.8 Å². The van der Waals surface area contributed by atoms with Gasteiger partial charge in [-0.25, -0.2) is 0 Å². The Kier molecular flexibility index (Phi) is 14.0. The molecule has 0 heterocycles. The fourth-order valence-electron chi connectivity index (χ4n) is 2.57. The molecule has 0 aliphatic heterocycles.